The van der Waals surface area contributed by atoms with Crippen LogP contribution in [0.1, 0.15) is 29.8 Å². The van der Waals surface area contributed by atoms with Crippen LogP contribution in [0.5, 0.6) is 0 Å². The molecule has 0 bridgehead atoms. The number of nitrogens with zero attached hydrogens (tertiary/aromatic N) is 3. The monoisotopic (exact) mass is 516 g/mol. The van der Waals surface area contributed by atoms with Crippen LogP contribution in [-0.4, -0.2) is 33.4 Å². The molecule has 1 aliphatic heterocycles. The molecule has 1 atom stereocenters. The quantitative estimate of drug-likeness (QED) is 0.361. The van der Waals surface area contributed by atoms with Gasteiger partial charge in [-0.3, -0.25) is 14.3 Å². The van der Waals surface area contributed by atoms with Crippen LogP contribution in [0.4, 0.5) is 0 Å². The molecular formula is C28H29BrN4O. The van der Waals surface area contributed by atoms with E-state index in [1.54, 1.807) is 0 Å². The summed E-state index contributed by atoms with van der Waals surface area (Å²) in [6.45, 7) is 5.11. The second-order valence-electron chi connectivity index (χ2n) is 9.05. The normalized spacial score (nSPS) is 16.6. The summed E-state index contributed by atoms with van der Waals surface area (Å²) < 4.78 is 3.29. The number of nitrogens with one attached hydrogen (secondary N) is 1. The molecular weight excluding hydrogens is 488 g/mol. The minimum atomic E-state index is 0.00303. The number of imidazole rings is 1. The Morgan fingerprint density at radius 3 is 2.65 bits per heavy atom. The van der Waals surface area contributed by atoms with Crippen molar-refractivity contribution >= 4 is 32.9 Å². The number of para-hydroxylation sites is 2. The number of fused-ring (bicyclic) bond motifs is 1. The number of amides is 1. The number of aryl methyl sites for hydroxylation is 1. The first-order valence-electron chi connectivity index (χ1n) is 11.9. The van der Waals surface area contributed by atoms with Gasteiger partial charge in [0.05, 0.1) is 23.5 Å². The highest BCUT2D eigenvalue weighted by atomic mass is 79.9. The first-order valence-corrected chi connectivity index (χ1v) is 12.6. The fourth-order valence-electron chi connectivity index (χ4n) is 4.81. The molecule has 4 aromatic rings. The third kappa shape index (κ3) is 4.93. The van der Waals surface area contributed by atoms with E-state index in [4.69, 9.17) is 4.98 Å². The number of benzene rings is 3. The van der Waals surface area contributed by atoms with E-state index in [0.717, 1.165) is 52.9 Å². The Hall–Kier alpha value is -2.96. The molecule has 0 unspecified atom stereocenters. The lowest BCUT2D eigenvalue weighted by molar-refractivity contribution is -0.127. The Morgan fingerprint density at radius 1 is 1.06 bits per heavy atom. The predicted octanol–water partition coefficient (Wildman–Crippen LogP) is 5.62. The van der Waals surface area contributed by atoms with Crippen LogP contribution in [0.3, 0.4) is 0 Å². The zero-order valence-corrected chi connectivity index (χ0v) is 21.0. The van der Waals surface area contributed by atoms with Gasteiger partial charge < -0.3 is 5.32 Å². The predicted molar refractivity (Wildman–Crippen MR) is 140 cm³/mol. The Kier molecular flexibility index (Phi) is 6.79. The van der Waals surface area contributed by atoms with E-state index in [1.165, 1.54) is 11.1 Å². The molecule has 1 aromatic heterocycles. The third-order valence-electron chi connectivity index (χ3n) is 6.67. The minimum absolute atomic E-state index is 0.00303. The average Bonchev–Trinajstić information content (AvgIpc) is 3.22. The molecule has 174 valence electrons. The van der Waals surface area contributed by atoms with Gasteiger partial charge in [0, 0.05) is 23.2 Å². The first kappa shape index (κ1) is 22.8. The lowest BCUT2D eigenvalue weighted by Gasteiger charge is -2.32. The molecule has 1 saturated heterocycles. The largest absolute Gasteiger partial charge is 0.352 e. The van der Waals surface area contributed by atoms with Gasteiger partial charge in [-0.2, -0.15) is 0 Å². The third-order valence-corrected chi connectivity index (χ3v) is 7.20. The van der Waals surface area contributed by atoms with Crippen molar-refractivity contribution in [3.8, 4) is 5.69 Å². The fourth-order valence-corrected chi connectivity index (χ4v) is 5.07. The topological polar surface area (TPSA) is 50.2 Å². The number of carbonyl (C=O) groups excluding carboxylic acids is 1. The summed E-state index contributed by atoms with van der Waals surface area (Å²) in [5.74, 6) is 1.15. The molecule has 0 spiro atoms. The molecule has 3 aromatic carbocycles. The molecule has 2 heterocycles. The first-order chi connectivity index (χ1) is 16.6. The van der Waals surface area contributed by atoms with Crippen molar-refractivity contribution in [2.45, 2.75) is 32.9 Å². The maximum atomic E-state index is 13.0. The molecule has 1 aliphatic rings. The zero-order chi connectivity index (χ0) is 23.5. The van der Waals surface area contributed by atoms with Gasteiger partial charge in [-0.15, -0.1) is 0 Å². The molecule has 0 aliphatic carbocycles. The van der Waals surface area contributed by atoms with E-state index in [-0.39, 0.29) is 11.8 Å². The van der Waals surface area contributed by atoms with E-state index >= 15 is 0 Å². The summed E-state index contributed by atoms with van der Waals surface area (Å²) in [5, 5.41) is 3.17. The smallest absolute Gasteiger partial charge is 0.224 e. The second kappa shape index (κ2) is 10.1. The number of likely N-dealkylation sites (tertiary alicyclic amines) is 1. The summed E-state index contributed by atoms with van der Waals surface area (Å²) in [5.41, 5.74) is 5.57. The summed E-state index contributed by atoms with van der Waals surface area (Å²) in [6, 6.07) is 24.8. The minimum Gasteiger partial charge on any atom is -0.352 e. The van der Waals surface area contributed by atoms with E-state index in [1.807, 2.05) is 18.2 Å². The highest BCUT2D eigenvalue weighted by molar-refractivity contribution is 9.10. The van der Waals surface area contributed by atoms with Crippen LogP contribution < -0.4 is 5.32 Å². The Labute approximate surface area is 208 Å². The Balaban J connectivity index is 1.32. The molecule has 1 N–H and O–H groups in total. The standard InChI is InChI=1S/C28H29BrN4O/c1-20-7-2-3-8-21(20)17-30-28(34)22-9-6-16-32(18-22)19-27-31-25-10-4-5-11-26(25)33(27)24-14-12-23(29)13-15-24/h2-5,7-8,10-15,22H,6,9,16-19H2,1H3,(H,30,34)/t22-/m1/s1. The lowest BCUT2D eigenvalue weighted by atomic mass is 9.97. The Morgan fingerprint density at radius 2 is 1.82 bits per heavy atom. The number of rotatable bonds is 6. The number of halogens is 1. The molecule has 0 saturated carbocycles. The molecule has 5 rings (SSSR count). The summed E-state index contributed by atoms with van der Waals surface area (Å²) in [7, 11) is 0. The van der Waals surface area contributed by atoms with Crippen molar-refractivity contribution in [1.29, 1.82) is 0 Å². The zero-order valence-electron chi connectivity index (χ0n) is 19.4. The van der Waals surface area contributed by atoms with Gasteiger partial charge in [0.15, 0.2) is 0 Å². The van der Waals surface area contributed by atoms with Gasteiger partial charge in [0.1, 0.15) is 5.82 Å². The van der Waals surface area contributed by atoms with Crippen LogP contribution in [0.15, 0.2) is 77.3 Å². The number of hydrogen-bond donors (Lipinski definition) is 1. The van der Waals surface area contributed by atoms with E-state index in [0.29, 0.717) is 13.1 Å². The second-order valence-corrected chi connectivity index (χ2v) is 9.96. The molecule has 1 amide bonds. The van der Waals surface area contributed by atoms with Crippen molar-refractivity contribution in [2.75, 3.05) is 13.1 Å². The summed E-state index contributed by atoms with van der Waals surface area (Å²) in [6.07, 6.45) is 1.94. The fraction of sp³-hybridized carbons (Fsp3) is 0.286. The van der Waals surface area contributed by atoms with E-state index < -0.39 is 0 Å². The van der Waals surface area contributed by atoms with Crippen molar-refractivity contribution < 1.29 is 4.79 Å². The SMILES string of the molecule is Cc1ccccc1CNC(=O)[C@@H]1CCCN(Cc2nc3ccccc3n2-c2ccc(Br)cc2)C1. The maximum absolute atomic E-state index is 13.0. The van der Waals surface area contributed by atoms with Gasteiger partial charge in [0.25, 0.3) is 0 Å². The summed E-state index contributed by atoms with van der Waals surface area (Å²) in [4.78, 5) is 20.3. The van der Waals surface area contributed by atoms with Crippen LogP contribution >= 0.6 is 15.9 Å². The number of piperidine rings is 1. The lowest BCUT2D eigenvalue weighted by Crippen LogP contribution is -2.42. The van der Waals surface area contributed by atoms with E-state index in [2.05, 4.69) is 92.2 Å². The number of aromatic nitrogens is 2. The van der Waals surface area contributed by atoms with Gasteiger partial charge in [-0.1, -0.05) is 52.3 Å². The van der Waals surface area contributed by atoms with Gasteiger partial charge >= 0.3 is 0 Å². The van der Waals surface area contributed by atoms with E-state index in [9.17, 15) is 4.79 Å². The molecule has 6 heteroatoms. The van der Waals surface area contributed by atoms with Crippen molar-refractivity contribution in [1.82, 2.24) is 19.8 Å². The molecule has 1 fully saturated rings. The number of hydrogen-bond acceptors (Lipinski definition) is 3. The van der Waals surface area contributed by atoms with Crippen LogP contribution in [0, 0.1) is 12.8 Å². The van der Waals surface area contributed by atoms with Crippen LogP contribution in [0.25, 0.3) is 16.7 Å². The summed E-state index contributed by atoms with van der Waals surface area (Å²) >= 11 is 3.54. The maximum Gasteiger partial charge on any atom is 0.224 e. The van der Waals surface area contributed by atoms with Gasteiger partial charge in [-0.25, -0.2) is 4.98 Å². The highest BCUT2D eigenvalue weighted by Crippen LogP contribution is 2.25. The van der Waals surface area contributed by atoms with Gasteiger partial charge in [-0.05, 0) is 73.8 Å². The van der Waals surface area contributed by atoms with Gasteiger partial charge in [0.2, 0.25) is 5.91 Å². The molecule has 5 nitrogen and oxygen atoms in total. The molecule has 0 radical (unpaired) electrons. The van der Waals surface area contributed by atoms with Crippen molar-refractivity contribution in [3.05, 3.63) is 94.2 Å². The molecule has 34 heavy (non-hydrogen) atoms. The van der Waals surface area contributed by atoms with Crippen LogP contribution in [0.2, 0.25) is 0 Å². The van der Waals surface area contributed by atoms with Crippen molar-refractivity contribution in [3.63, 3.8) is 0 Å². The van der Waals surface area contributed by atoms with Crippen LogP contribution in [-0.2, 0) is 17.9 Å². The van der Waals surface area contributed by atoms with Crippen molar-refractivity contribution in [2.24, 2.45) is 5.92 Å². The highest BCUT2D eigenvalue weighted by Gasteiger charge is 2.27. The number of carbonyl (C=O) groups is 1. The average molecular weight is 517 g/mol. The Bertz CT molecular complexity index is 1300.